The highest BCUT2D eigenvalue weighted by Gasteiger charge is 2.35. The first-order valence-corrected chi connectivity index (χ1v) is 8.15. The molecule has 2 fully saturated rings. The van der Waals surface area contributed by atoms with Gasteiger partial charge in [-0.3, -0.25) is 4.90 Å². The zero-order valence-electron chi connectivity index (χ0n) is 12.9. The number of rotatable bonds is 4. The van der Waals surface area contributed by atoms with Gasteiger partial charge < -0.3 is 10.5 Å². The molecule has 1 aliphatic carbocycles. The van der Waals surface area contributed by atoms with Gasteiger partial charge >= 0.3 is 0 Å². The Morgan fingerprint density at radius 3 is 2.74 bits per heavy atom. The highest BCUT2D eigenvalue weighted by molar-refractivity contribution is 4.93. The Hall–Kier alpha value is -0.120. The molecule has 3 atom stereocenters. The fourth-order valence-corrected chi connectivity index (χ4v) is 3.84. The van der Waals surface area contributed by atoms with Crippen LogP contribution in [0.4, 0.5) is 0 Å². The van der Waals surface area contributed by atoms with Crippen molar-refractivity contribution >= 4 is 0 Å². The van der Waals surface area contributed by atoms with Crippen LogP contribution in [0.5, 0.6) is 0 Å². The molecular formula is C16H32N2O. The molecule has 19 heavy (non-hydrogen) atoms. The SMILES string of the molecule is CC1CCCC(CN)(N(C)CC2CCCOC2)CC1. The molecule has 1 aliphatic heterocycles. The van der Waals surface area contributed by atoms with Crippen molar-refractivity contribution in [1.29, 1.82) is 0 Å². The van der Waals surface area contributed by atoms with Crippen LogP contribution in [0.1, 0.15) is 51.9 Å². The van der Waals surface area contributed by atoms with Crippen molar-refractivity contribution in [2.75, 3.05) is 33.4 Å². The number of likely N-dealkylation sites (N-methyl/N-ethyl adjacent to an activating group) is 1. The summed E-state index contributed by atoms with van der Waals surface area (Å²) in [7, 11) is 2.29. The summed E-state index contributed by atoms with van der Waals surface area (Å²) < 4.78 is 5.62. The summed E-state index contributed by atoms with van der Waals surface area (Å²) in [6.07, 6.45) is 9.15. The quantitative estimate of drug-likeness (QED) is 0.797. The Labute approximate surface area is 118 Å². The minimum absolute atomic E-state index is 0.252. The second-order valence-electron chi connectivity index (χ2n) is 6.93. The van der Waals surface area contributed by atoms with E-state index in [2.05, 4.69) is 18.9 Å². The highest BCUT2D eigenvalue weighted by atomic mass is 16.5. The van der Waals surface area contributed by atoms with Gasteiger partial charge in [-0.2, -0.15) is 0 Å². The van der Waals surface area contributed by atoms with Crippen molar-refractivity contribution in [3.63, 3.8) is 0 Å². The third kappa shape index (κ3) is 3.93. The lowest BCUT2D eigenvalue weighted by atomic mass is 9.87. The average molecular weight is 268 g/mol. The predicted octanol–water partition coefficient (Wildman–Crippen LogP) is 2.64. The van der Waals surface area contributed by atoms with Crippen molar-refractivity contribution in [3.05, 3.63) is 0 Å². The van der Waals surface area contributed by atoms with Gasteiger partial charge in [-0.05, 0) is 51.0 Å². The largest absolute Gasteiger partial charge is 0.381 e. The second-order valence-corrected chi connectivity index (χ2v) is 6.93. The van der Waals surface area contributed by atoms with E-state index in [1.807, 2.05) is 0 Å². The van der Waals surface area contributed by atoms with Gasteiger partial charge in [0.2, 0.25) is 0 Å². The number of ether oxygens (including phenoxy) is 1. The Kier molecular flexibility index (Phi) is 5.67. The summed E-state index contributed by atoms with van der Waals surface area (Å²) in [5.41, 5.74) is 6.44. The lowest BCUT2D eigenvalue weighted by Crippen LogP contribution is -2.53. The molecule has 3 nitrogen and oxygen atoms in total. The third-order valence-electron chi connectivity index (χ3n) is 5.42. The van der Waals surface area contributed by atoms with E-state index < -0.39 is 0 Å². The summed E-state index contributed by atoms with van der Waals surface area (Å²) >= 11 is 0. The van der Waals surface area contributed by atoms with E-state index in [1.54, 1.807) is 0 Å². The van der Waals surface area contributed by atoms with Crippen LogP contribution in [0.15, 0.2) is 0 Å². The van der Waals surface area contributed by atoms with Crippen molar-refractivity contribution in [1.82, 2.24) is 4.90 Å². The Morgan fingerprint density at radius 1 is 1.21 bits per heavy atom. The highest BCUT2D eigenvalue weighted by Crippen LogP contribution is 2.34. The summed E-state index contributed by atoms with van der Waals surface area (Å²) in [6.45, 7) is 6.26. The van der Waals surface area contributed by atoms with Crippen LogP contribution in [0.3, 0.4) is 0 Å². The van der Waals surface area contributed by atoms with Crippen LogP contribution >= 0.6 is 0 Å². The van der Waals surface area contributed by atoms with E-state index in [0.29, 0.717) is 5.92 Å². The van der Waals surface area contributed by atoms with Gasteiger partial charge in [0.05, 0.1) is 6.61 Å². The van der Waals surface area contributed by atoms with Crippen LogP contribution in [0.2, 0.25) is 0 Å². The second kappa shape index (κ2) is 7.05. The van der Waals surface area contributed by atoms with Gasteiger partial charge in [-0.1, -0.05) is 19.8 Å². The molecule has 3 heteroatoms. The van der Waals surface area contributed by atoms with E-state index in [4.69, 9.17) is 10.5 Å². The standard InChI is InChI=1S/C16H32N2O/c1-14-5-3-8-16(13-17,9-7-14)18(2)11-15-6-4-10-19-12-15/h14-15H,3-13,17H2,1-2H3. The molecule has 1 saturated carbocycles. The van der Waals surface area contributed by atoms with Gasteiger partial charge in [0.15, 0.2) is 0 Å². The molecule has 1 saturated heterocycles. The van der Waals surface area contributed by atoms with E-state index in [0.717, 1.165) is 32.2 Å². The van der Waals surface area contributed by atoms with Gasteiger partial charge in [0.25, 0.3) is 0 Å². The topological polar surface area (TPSA) is 38.5 Å². The summed E-state index contributed by atoms with van der Waals surface area (Å²) in [4.78, 5) is 2.57. The molecule has 112 valence electrons. The molecule has 0 aromatic carbocycles. The number of hydrogen-bond donors (Lipinski definition) is 1. The first-order valence-electron chi connectivity index (χ1n) is 8.15. The van der Waals surface area contributed by atoms with Crippen molar-refractivity contribution in [2.24, 2.45) is 17.6 Å². The first kappa shape index (κ1) is 15.3. The maximum Gasteiger partial charge on any atom is 0.0506 e. The molecular weight excluding hydrogens is 236 g/mol. The van der Waals surface area contributed by atoms with E-state index in [9.17, 15) is 0 Å². The van der Waals surface area contributed by atoms with E-state index in [1.165, 1.54) is 44.9 Å². The lowest BCUT2D eigenvalue weighted by molar-refractivity contribution is 0.0162. The molecule has 3 unspecified atom stereocenters. The minimum atomic E-state index is 0.252. The van der Waals surface area contributed by atoms with Gasteiger partial charge in [-0.15, -0.1) is 0 Å². The third-order valence-corrected chi connectivity index (χ3v) is 5.42. The Morgan fingerprint density at radius 2 is 2.05 bits per heavy atom. The molecule has 0 radical (unpaired) electrons. The van der Waals surface area contributed by atoms with Crippen LogP contribution in [0, 0.1) is 11.8 Å². The Bertz CT molecular complexity index is 265. The van der Waals surface area contributed by atoms with Gasteiger partial charge in [0.1, 0.15) is 0 Å². The first-order chi connectivity index (χ1) is 9.16. The Balaban J connectivity index is 1.94. The maximum atomic E-state index is 6.19. The van der Waals surface area contributed by atoms with Crippen LogP contribution in [0.25, 0.3) is 0 Å². The van der Waals surface area contributed by atoms with Crippen molar-refractivity contribution in [2.45, 2.75) is 57.4 Å². The van der Waals surface area contributed by atoms with Crippen LogP contribution < -0.4 is 5.73 Å². The van der Waals surface area contributed by atoms with E-state index >= 15 is 0 Å². The lowest BCUT2D eigenvalue weighted by Gasteiger charge is -2.43. The minimum Gasteiger partial charge on any atom is -0.381 e. The summed E-state index contributed by atoms with van der Waals surface area (Å²) in [5.74, 6) is 1.59. The van der Waals surface area contributed by atoms with Crippen molar-refractivity contribution < 1.29 is 4.74 Å². The van der Waals surface area contributed by atoms with E-state index in [-0.39, 0.29) is 5.54 Å². The number of nitrogens with zero attached hydrogens (tertiary/aromatic N) is 1. The average Bonchev–Trinajstić information content (AvgIpc) is 2.62. The van der Waals surface area contributed by atoms with Crippen molar-refractivity contribution in [3.8, 4) is 0 Å². The molecule has 0 amide bonds. The zero-order valence-corrected chi connectivity index (χ0v) is 12.9. The predicted molar refractivity (Wildman–Crippen MR) is 80.2 cm³/mol. The van der Waals surface area contributed by atoms with Crippen LogP contribution in [-0.2, 0) is 4.74 Å². The summed E-state index contributed by atoms with van der Waals surface area (Å²) in [6, 6.07) is 0. The molecule has 0 aromatic heterocycles. The molecule has 0 spiro atoms. The van der Waals surface area contributed by atoms with Gasteiger partial charge in [0, 0.05) is 25.2 Å². The number of hydrogen-bond acceptors (Lipinski definition) is 3. The molecule has 2 aliphatic rings. The molecule has 1 heterocycles. The molecule has 2 N–H and O–H groups in total. The van der Waals surface area contributed by atoms with Gasteiger partial charge in [-0.25, -0.2) is 0 Å². The smallest absolute Gasteiger partial charge is 0.0506 e. The summed E-state index contributed by atoms with van der Waals surface area (Å²) in [5, 5.41) is 0. The fraction of sp³-hybridized carbons (Fsp3) is 1.00. The zero-order chi connectivity index (χ0) is 13.7. The van der Waals surface area contributed by atoms with Crippen LogP contribution in [-0.4, -0.2) is 43.8 Å². The fourth-order valence-electron chi connectivity index (χ4n) is 3.84. The maximum absolute atomic E-state index is 6.19. The normalized spacial score (nSPS) is 37.3. The monoisotopic (exact) mass is 268 g/mol. The molecule has 0 bridgehead atoms. The number of nitrogens with two attached hydrogens (primary N) is 1. The molecule has 2 rings (SSSR count). The molecule has 0 aromatic rings.